The quantitative estimate of drug-likeness (QED) is 0.776. The number of alkyl halides is 3. The highest BCUT2D eigenvalue weighted by atomic mass is 19.4. The number of rotatable bonds is 4. The highest BCUT2D eigenvalue weighted by Crippen LogP contribution is 2.40. The fourth-order valence-corrected chi connectivity index (χ4v) is 1.60. The standard InChI is InChI=1S/C11H14F3NO3/c1-18-9-5-6(11(12,13)14)4-8(17)10(9)7(15)2-3-16/h4-5,7,16-17H,2-3,15H2,1H3. The second kappa shape index (κ2) is 5.45. The molecule has 0 aromatic heterocycles. The Balaban J connectivity index is 3.28. The number of hydrogen-bond donors (Lipinski definition) is 3. The van der Waals surface area contributed by atoms with Crippen LogP contribution in [-0.4, -0.2) is 23.9 Å². The van der Waals surface area contributed by atoms with Crippen molar-refractivity contribution < 1.29 is 28.1 Å². The van der Waals surface area contributed by atoms with Gasteiger partial charge in [0.15, 0.2) is 0 Å². The number of ether oxygens (including phenoxy) is 1. The van der Waals surface area contributed by atoms with Crippen LogP contribution in [0.25, 0.3) is 0 Å². The number of phenolic OH excluding ortho intramolecular Hbond substituents is 1. The lowest BCUT2D eigenvalue weighted by Crippen LogP contribution is -2.15. The van der Waals surface area contributed by atoms with E-state index in [0.29, 0.717) is 6.07 Å². The van der Waals surface area contributed by atoms with E-state index < -0.39 is 23.5 Å². The van der Waals surface area contributed by atoms with Gasteiger partial charge < -0.3 is 20.7 Å². The van der Waals surface area contributed by atoms with Gasteiger partial charge in [0.25, 0.3) is 0 Å². The average molecular weight is 265 g/mol. The van der Waals surface area contributed by atoms with Gasteiger partial charge in [-0.1, -0.05) is 0 Å². The van der Waals surface area contributed by atoms with E-state index >= 15 is 0 Å². The van der Waals surface area contributed by atoms with Crippen LogP contribution >= 0.6 is 0 Å². The summed E-state index contributed by atoms with van der Waals surface area (Å²) in [6.45, 7) is -0.245. The highest BCUT2D eigenvalue weighted by molar-refractivity contribution is 5.49. The van der Waals surface area contributed by atoms with Crippen molar-refractivity contribution in [3.63, 3.8) is 0 Å². The van der Waals surface area contributed by atoms with Crippen molar-refractivity contribution in [2.24, 2.45) is 5.73 Å². The number of phenols is 1. The molecule has 0 aliphatic rings. The summed E-state index contributed by atoms with van der Waals surface area (Å²) in [7, 11) is 1.18. The van der Waals surface area contributed by atoms with Gasteiger partial charge in [-0.25, -0.2) is 0 Å². The molecule has 0 spiro atoms. The second-order valence-electron chi connectivity index (χ2n) is 3.73. The first-order valence-electron chi connectivity index (χ1n) is 5.15. The van der Waals surface area contributed by atoms with Crippen LogP contribution in [0, 0.1) is 0 Å². The van der Waals surface area contributed by atoms with Crippen molar-refractivity contribution in [3.05, 3.63) is 23.3 Å². The number of halogens is 3. The van der Waals surface area contributed by atoms with Crippen molar-refractivity contribution in [1.82, 2.24) is 0 Å². The zero-order valence-corrected chi connectivity index (χ0v) is 9.66. The van der Waals surface area contributed by atoms with Gasteiger partial charge in [0.1, 0.15) is 11.5 Å². The minimum atomic E-state index is -4.58. The van der Waals surface area contributed by atoms with Crippen LogP contribution in [0.3, 0.4) is 0 Å². The third kappa shape index (κ3) is 3.05. The van der Waals surface area contributed by atoms with E-state index in [1.807, 2.05) is 0 Å². The number of nitrogens with two attached hydrogens (primary N) is 1. The maximum atomic E-state index is 12.5. The van der Waals surface area contributed by atoms with Crippen molar-refractivity contribution >= 4 is 0 Å². The molecular formula is C11H14F3NO3. The van der Waals surface area contributed by atoms with Gasteiger partial charge >= 0.3 is 6.18 Å². The lowest BCUT2D eigenvalue weighted by atomic mass is 10.00. The Kier molecular flexibility index (Phi) is 4.42. The average Bonchev–Trinajstić information content (AvgIpc) is 2.26. The number of benzene rings is 1. The van der Waals surface area contributed by atoms with Crippen molar-refractivity contribution in [2.45, 2.75) is 18.6 Å². The molecule has 0 saturated heterocycles. The molecule has 0 aliphatic carbocycles. The SMILES string of the molecule is COc1cc(C(F)(F)F)cc(O)c1C(N)CCO. The number of aliphatic hydroxyl groups is 1. The van der Waals surface area contributed by atoms with Crippen LogP contribution in [0.4, 0.5) is 13.2 Å². The van der Waals surface area contributed by atoms with E-state index in [1.54, 1.807) is 0 Å². The molecule has 0 bridgehead atoms. The summed E-state index contributed by atoms with van der Waals surface area (Å²) in [6.07, 6.45) is -4.47. The fraction of sp³-hybridized carbons (Fsp3) is 0.455. The van der Waals surface area contributed by atoms with Gasteiger partial charge in [-0.15, -0.1) is 0 Å². The molecule has 7 heteroatoms. The summed E-state index contributed by atoms with van der Waals surface area (Å²) < 4.78 is 42.4. The van der Waals surface area contributed by atoms with Crippen LogP contribution in [-0.2, 0) is 6.18 Å². The zero-order valence-electron chi connectivity index (χ0n) is 9.66. The van der Waals surface area contributed by atoms with Crippen LogP contribution in [0.15, 0.2) is 12.1 Å². The van der Waals surface area contributed by atoms with Crippen LogP contribution in [0.2, 0.25) is 0 Å². The van der Waals surface area contributed by atoms with Gasteiger partial charge in [-0.05, 0) is 18.6 Å². The van der Waals surface area contributed by atoms with Crippen LogP contribution in [0.1, 0.15) is 23.6 Å². The Morgan fingerprint density at radius 1 is 1.39 bits per heavy atom. The molecule has 1 atom stereocenters. The van der Waals surface area contributed by atoms with Gasteiger partial charge in [0, 0.05) is 12.6 Å². The first-order valence-corrected chi connectivity index (χ1v) is 5.15. The molecule has 1 rings (SSSR count). The summed E-state index contributed by atoms with van der Waals surface area (Å²) in [5.41, 5.74) is 4.70. The van der Waals surface area contributed by atoms with Crippen molar-refractivity contribution in [1.29, 1.82) is 0 Å². The smallest absolute Gasteiger partial charge is 0.416 e. The first-order chi connectivity index (χ1) is 8.31. The summed E-state index contributed by atoms with van der Waals surface area (Å²) in [4.78, 5) is 0. The van der Waals surface area contributed by atoms with Crippen molar-refractivity contribution in [3.8, 4) is 11.5 Å². The first kappa shape index (κ1) is 14.6. The molecule has 0 heterocycles. The van der Waals surface area contributed by atoms with E-state index in [9.17, 15) is 18.3 Å². The minimum absolute atomic E-state index is 0.0551. The molecule has 0 saturated carbocycles. The summed E-state index contributed by atoms with van der Waals surface area (Å²) in [5.74, 6) is -0.745. The maximum absolute atomic E-state index is 12.5. The van der Waals surface area contributed by atoms with E-state index in [1.165, 1.54) is 7.11 Å². The Hall–Kier alpha value is -1.47. The van der Waals surface area contributed by atoms with Crippen molar-refractivity contribution in [2.75, 3.05) is 13.7 Å². The van der Waals surface area contributed by atoms with Gasteiger partial charge in [0.2, 0.25) is 0 Å². The molecule has 0 radical (unpaired) electrons. The predicted molar refractivity (Wildman–Crippen MR) is 58.3 cm³/mol. The minimum Gasteiger partial charge on any atom is -0.507 e. The number of hydrogen-bond acceptors (Lipinski definition) is 4. The molecule has 18 heavy (non-hydrogen) atoms. The topological polar surface area (TPSA) is 75.7 Å². The number of aliphatic hydroxyl groups excluding tert-OH is 1. The van der Waals surface area contributed by atoms with E-state index in [-0.39, 0.29) is 24.3 Å². The van der Waals surface area contributed by atoms with Gasteiger partial charge in [-0.3, -0.25) is 0 Å². The molecule has 1 unspecified atom stereocenters. The molecule has 4 N–H and O–H groups in total. The Bertz CT molecular complexity index is 421. The summed E-state index contributed by atoms with van der Waals surface area (Å²) in [6, 6.07) is 0.564. The third-order valence-corrected chi connectivity index (χ3v) is 2.48. The Labute approximate surface area is 102 Å². The molecule has 4 nitrogen and oxygen atoms in total. The lowest BCUT2D eigenvalue weighted by Gasteiger charge is -2.18. The highest BCUT2D eigenvalue weighted by Gasteiger charge is 2.33. The Morgan fingerprint density at radius 3 is 2.44 bits per heavy atom. The number of methoxy groups -OCH3 is 1. The van der Waals surface area contributed by atoms with E-state index in [4.69, 9.17) is 15.6 Å². The molecule has 0 amide bonds. The summed E-state index contributed by atoms with van der Waals surface area (Å²) >= 11 is 0. The lowest BCUT2D eigenvalue weighted by molar-refractivity contribution is -0.137. The second-order valence-corrected chi connectivity index (χ2v) is 3.73. The van der Waals surface area contributed by atoms with Gasteiger partial charge in [-0.2, -0.15) is 13.2 Å². The summed E-state index contributed by atoms with van der Waals surface area (Å²) in [5, 5.41) is 18.4. The predicted octanol–water partition coefficient (Wildman–Crippen LogP) is 1.80. The molecule has 0 aliphatic heterocycles. The molecular weight excluding hydrogens is 251 g/mol. The van der Waals surface area contributed by atoms with Crippen LogP contribution < -0.4 is 10.5 Å². The monoisotopic (exact) mass is 265 g/mol. The third-order valence-electron chi connectivity index (χ3n) is 2.48. The van der Waals surface area contributed by atoms with Gasteiger partial charge in [0.05, 0.1) is 18.2 Å². The molecule has 102 valence electrons. The Morgan fingerprint density at radius 2 is 2.00 bits per heavy atom. The van der Waals surface area contributed by atoms with E-state index in [0.717, 1.165) is 6.07 Å². The largest absolute Gasteiger partial charge is 0.507 e. The van der Waals surface area contributed by atoms with Crippen LogP contribution in [0.5, 0.6) is 11.5 Å². The molecule has 1 aromatic carbocycles. The normalized spacial score (nSPS) is 13.4. The molecule has 0 fully saturated rings. The van der Waals surface area contributed by atoms with E-state index in [2.05, 4.69) is 0 Å². The number of aromatic hydroxyl groups is 1. The zero-order chi connectivity index (χ0) is 13.9. The molecule has 1 aromatic rings. The fourth-order valence-electron chi connectivity index (χ4n) is 1.60. The maximum Gasteiger partial charge on any atom is 0.416 e.